The molecule has 0 aliphatic heterocycles. The molecule has 7 heteroatoms. The van der Waals surface area contributed by atoms with Gasteiger partial charge in [0.2, 0.25) is 5.91 Å². The van der Waals surface area contributed by atoms with Crippen molar-refractivity contribution in [3.8, 4) is 0 Å². The van der Waals surface area contributed by atoms with Crippen LogP contribution in [-0.4, -0.2) is 47.1 Å². The van der Waals surface area contributed by atoms with Gasteiger partial charge in [0.25, 0.3) is 0 Å². The van der Waals surface area contributed by atoms with Crippen LogP contribution in [-0.2, 0) is 9.53 Å². The van der Waals surface area contributed by atoms with Crippen molar-refractivity contribution in [2.45, 2.75) is 59.1 Å². The standard InChI is InChI=1S/C18H30N2O4S/c1-7-12(4)8-16(22)20(5)14(11(2)3)9-15(21)17-19-13(10-25-17)18(23)24-6/h10-12,14-15,21H,7-9H2,1-6H3/t12-,14+,15+/m0/s1. The van der Waals surface area contributed by atoms with Gasteiger partial charge >= 0.3 is 5.97 Å². The number of rotatable bonds is 9. The molecule has 0 spiro atoms. The maximum Gasteiger partial charge on any atom is 0.357 e. The van der Waals surface area contributed by atoms with Crippen molar-refractivity contribution in [2.75, 3.05) is 14.2 Å². The van der Waals surface area contributed by atoms with E-state index in [0.717, 1.165) is 6.42 Å². The summed E-state index contributed by atoms with van der Waals surface area (Å²) >= 11 is 1.22. The van der Waals surface area contributed by atoms with E-state index in [4.69, 9.17) is 0 Å². The predicted molar refractivity (Wildman–Crippen MR) is 98.5 cm³/mol. The van der Waals surface area contributed by atoms with Crippen molar-refractivity contribution in [1.29, 1.82) is 0 Å². The molecule has 1 aromatic heterocycles. The fraction of sp³-hybridized carbons (Fsp3) is 0.722. The summed E-state index contributed by atoms with van der Waals surface area (Å²) in [6.07, 6.45) is 1.03. The van der Waals surface area contributed by atoms with E-state index in [1.165, 1.54) is 18.4 Å². The molecule has 0 saturated carbocycles. The van der Waals surface area contributed by atoms with Gasteiger partial charge in [-0.25, -0.2) is 9.78 Å². The summed E-state index contributed by atoms with van der Waals surface area (Å²) in [4.78, 5) is 29.9. The van der Waals surface area contributed by atoms with Gasteiger partial charge in [0, 0.05) is 31.3 Å². The van der Waals surface area contributed by atoms with Crippen molar-refractivity contribution in [3.05, 3.63) is 16.1 Å². The Morgan fingerprint density at radius 2 is 2.00 bits per heavy atom. The van der Waals surface area contributed by atoms with Crippen molar-refractivity contribution in [2.24, 2.45) is 11.8 Å². The summed E-state index contributed by atoms with van der Waals surface area (Å²) < 4.78 is 4.64. The molecule has 1 amide bonds. The second-order valence-corrected chi connectivity index (χ2v) is 7.74. The summed E-state index contributed by atoms with van der Waals surface area (Å²) in [5.41, 5.74) is 0.198. The predicted octanol–water partition coefficient (Wildman–Crippen LogP) is 3.27. The molecule has 0 bridgehead atoms. The lowest BCUT2D eigenvalue weighted by Crippen LogP contribution is -2.41. The fourth-order valence-corrected chi connectivity index (χ4v) is 3.40. The van der Waals surface area contributed by atoms with E-state index in [2.05, 4.69) is 23.6 Å². The van der Waals surface area contributed by atoms with Gasteiger partial charge in [0.1, 0.15) is 11.1 Å². The first-order chi connectivity index (χ1) is 11.7. The molecule has 0 unspecified atom stereocenters. The highest BCUT2D eigenvalue weighted by molar-refractivity contribution is 7.09. The van der Waals surface area contributed by atoms with E-state index in [0.29, 0.717) is 23.8 Å². The van der Waals surface area contributed by atoms with Gasteiger partial charge in [-0.1, -0.05) is 34.1 Å². The second-order valence-electron chi connectivity index (χ2n) is 6.85. The third-order valence-electron chi connectivity index (χ3n) is 4.55. The first-order valence-electron chi connectivity index (χ1n) is 8.68. The molecule has 0 fully saturated rings. The average Bonchev–Trinajstić information content (AvgIpc) is 3.07. The Hall–Kier alpha value is -1.47. The van der Waals surface area contributed by atoms with E-state index in [-0.39, 0.29) is 23.6 Å². The normalized spacial score (nSPS) is 14.9. The van der Waals surface area contributed by atoms with Crippen LogP contribution in [0.15, 0.2) is 5.38 Å². The molecule has 1 heterocycles. The Morgan fingerprint density at radius 1 is 1.36 bits per heavy atom. The molecule has 0 radical (unpaired) electrons. The second kappa shape index (κ2) is 9.87. The lowest BCUT2D eigenvalue weighted by molar-refractivity contribution is -0.134. The number of esters is 1. The van der Waals surface area contributed by atoms with Crippen LogP contribution in [0.25, 0.3) is 0 Å². The van der Waals surface area contributed by atoms with Crippen molar-refractivity contribution < 1.29 is 19.4 Å². The maximum absolute atomic E-state index is 12.5. The number of hydrogen-bond acceptors (Lipinski definition) is 6. The Morgan fingerprint density at radius 3 is 2.52 bits per heavy atom. The monoisotopic (exact) mass is 370 g/mol. The summed E-state index contributed by atoms with van der Waals surface area (Å²) in [5, 5.41) is 12.6. The lowest BCUT2D eigenvalue weighted by Gasteiger charge is -2.33. The number of ether oxygens (including phenoxy) is 1. The fourth-order valence-electron chi connectivity index (χ4n) is 2.62. The molecule has 0 saturated heterocycles. The van der Waals surface area contributed by atoms with E-state index in [9.17, 15) is 14.7 Å². The molecule has 1 aromatic rings. The van der Waals surface area contributed by atoms with Gasteiger partial charge in [0.05, 0.1) is 7.11 Å². The first-order valence-corrected chi connectivity index (χ1v) is 9.56. The highest BCUT2D eigenvalue weighted by atomic mass is 32.1. The van der Waals surface area contributed by atoms with Crippen molar-refractivity contribution >= 4 is 23.2 Å². The van der Waals surface area contributed by atoms with Crippen molar-refractivity contribution in [1.82, 2.24) is 9.88 Å². The summed E-state index contributed by atoms with van der Waals surface area (Å²) in [6, 6.07) is -0.1000. The van der Waals surface area contributed by atoms with Gasteiger partial charge in [-0.15, -0.1) is 11.3 Å². The number of aliphatic hydroxyl groups excluding tert-OH is 1. The quantitative estimate of drug-likeness (QED) is 0.675. The molecule has 1 rings (SSSR count). The minimum Gasteiger partial charge on any atom is -0.464 e. The van der Waals surface area contributed by atoms with E-state index in [1.807, 2.05) is 13.8 Å². The topological polar surface area (TPSA) is 79.7 Å². The number of thiazole rings is 1. The van der Waals surface area contributed by atoms with Gasteiger partial charge in [-0.2, -0.15) is 0 Å². The number of carbonyl (C=O) groups is 2. The highest BCUT2D eigenvalue weighted by Gasteiger charge is 2.28. The number of amides is 1. The zero-order chi connectivity index (χ0) is 19.1. The summed E-state index contributed by atoms with van der Waals surface area (Å²) in [5.74, 6) is 0.112. The first kappa shape index (κ1) is 21.6. The average molecular weight is 371 g/mol. The Balaban J connectivity index is 2.81. The van der Waals surface area contributed by atoms with E-state index in [1.54, 1.807) is 17.3 Å². The van der Waals surface area contributed by atoms with Crippen LogP contribution in [0.4, 0.5) is 0 Å². The zero-order valence-corrected chi connectivity index (χ0v) is 16.8. The van der Waals surface area contributed by atoms with Crippen LogP contribution in [0, 0.1) is 11.8 Å². The Kier molecular flexibility index (Phi) is 8.52. The third kappa shape index (κ3) is 6.08. The number of nitrogens with zero attached hydrogens (tertiary/aromatic N) is 2. The van der Waals surface area contributed by atoms with Gasteiger partial charge in [-0.3, -0.25) is 4.79 Å². The van der Waals surface area contributed by atoms with E-state index >= 15 is 0 Å². The minimum atomic E-state index is -0.824. The van der Waals surface area contributed by atoms with Crippen LogP contribution in [0.5, 0.6) is 0 Å². The molecule has 1 N–H and O–H groups in total. The SMILES string of the molecule is CC[C@H](C)CC(=O)N(C)[C@H](C[C@@H](O)c1nc(C(=O)OC)cs1)C(C)C. The summed E-state index contributed by atoms with van der Waals surface area (Å²) in [7, 11) is 3.09. The van der Waals surface area contributed by atoms with Gasteiger partial charge in [0.15, 0.2) is 5.69 Å². The Bertz CT molecular complexity index is 573. The molecular weight excluding hydrogens is 340 g/mol. The molecule has 142 valence electrons. The van der Waals surface area contributed by atoms with Crippen molar-refractivity contribution in [3.63, 3.8) is 0 Å². The molecule has 0 aliphatic rings. The van der Waals surface area contributed by atoms with Crippen LogP contribution >= 0.6 is 11.3 Å². The Labute approximate surface area is 154 Å². The highest BCUT2D eigenvalue weighted by Crippen LogP contribution is 2.27. The number of carbonyl (C=O) groups excluding carboxylic acids is 2. The van der Waals surface area contributed by atoms with Crippen LogP contribution in [0.1, 0.15) is 68.6 Å². The minimum absolute atomic E-state index is 0.0923. The van der Waals surface area contributed by atoms with Gasteiger partial charge in [-0.05, 0) is 11.8 Å². The van der Waals surface area contributed by atoms with Crippen LogP contribution < -0.4 is 0 Å². The third-order valence-corrected chi connectivity index (χ3v) is 5.49. The molecule has 0 aliphatic carbocycles. The molecule has 0 aromatic carbocycles. The van der Waals surface area contributed by atoms with Crippen LogP contribution in [0.2, 0.25) is 0 Å². The number of methoxy groups -OCH3 is 1. The maximum atomic E-state index is 12.5. The largest absolute Gasteiger partial charge is 0.464 e. The number of aliphatic hydroxyl groups is 1. The number of hydrogen-bond donors (Lipinski definition) is 1. The smallest absolute Gasteiger partial charge is 0.357 e. The number of aromatic nitrogens is 1. The summed E-state index contributed by atoms with van der Waals surface area (Å²) in [6.45, 7) is 8.20. The molecule has 3 atom stereocenters. The lowest BCUT2D eigenvalue weighted by atomic mass is 9.95. The zero-order valence-electron chi connectivity index (χ0n) is 16.0. The molecular formula is C18H30N2O4S. The van der Waals surface area contributed by atoms with Gasteiger partial charge < -0.3 is 14.7 Å². The molecule has 6 nitrogen and oxygen atoms in total. The molecule has 25 heavy (non-hydrogen) atoms. The van der Waals surface area contributed by atoms with E-state index < -0.39 is 12.1 Å². The van der Waals surface area contributed by atoms with Crippen LogP contribution in [0.3, 0.4) is 0 Å².